The SMILES string of the molecule is Cn1c(=O)oc(=O)c2cc(CCC(=O)NCCSSCCCC(=O)CCCCC3SCC4NC(=O)NC43)cnc21. The van der Waals surface area contributed by atoms with Crippen molar-refractivity contribution in [3.63, 3.8) is 0 Å². The fourth-order valence-electron chi connectivity index (χ4n) is 4.80. The van der Waals surface area contributed by atoms with Crippen LogP contribution in [0.15, 0.2) is 26.3 Å². The molecule has 2 saturated heterocycles. The van der Waals surface area contributed by atoms with E-state index in [1.807, 2.05) is 11.8 Å². The first kappa shape index (κ1) is 30.5. The van der Waals surface area contributed by atoms with Gasteiger partial charge in [0.1, 0.15) is 11.2 Å². The maximum atomic E-state index is 12.2. The number of carbonyl (C=O) groups is 3. The maximum Gasteiger partial charge on any atom is 0.423 e. The number of nitrogens with zero attached hydrogens (tertiary/aromatic N) is 2. The topological polar surface area (TPSA) is 152 Å². The van der Waals surface area contributed by atoms with Crippen LogP contribution in [0.3, 0.4) is 0 Å². The first-order valence-electron chi connectivity index (χ1n) is 13.5. The summed E-state index contributed by atoms with van der Waals surface area (Å²) in [7, 11) is 4.88. The molecule has 3 N–H and O–H groups in total. The number of aryl methyl sites for hydroxylation is 2. The van der Waals surface area contributed by atoms with Gasteiger partial charge >= 0.3 is 17.4 Å². The minimum absolute atomic E-state index is 0.0574. The Kier molecular flexibility index (Phi) is 11.4. The molecular weight excluding hydrogens is 575 g/mol. The highest BCUT2D eigenvalue weighted by Crippen LogP contribution is 2.33. The van der Waals surface area contributed by atoms with E-state index in [0.29, 0.717) is 36.8 Å². The van der Waals surface area contributed by atoms with E-state index in [1.165, 1.54) is 11.6 Å². The van der Waals surface area contributed by atoms with Gasteiger partial charge in [0.2, 0.25) is 5.91 Å². The van der Waals surface area contributed by atoms with E-state index < -0.39 is 11.4 Å². The quantitative estimate of drug-likeness (QED) is 0.147. The monoisotopic (exact) mass is 609 g/mol. The molecule has 0 saturated carbocycles. The molecule has 0 spiro atoms. The van der Waals surface area contributed by atoms with Crippen molar-refractivity contribution < 1.29 is 18.8 Å². The number of thioether (sulfide) groups is 1. The molecule has 2 aliphatic heterocycles. The van der Waals surface area contributed by atoms with Gasteiger partial charge in [0.25, 0.3) is 0 Å². The lowest BCUT2D eigenvalue weighted by Crippen LogP contribution is -2.36. The van der Waals surface area contributed by atoms with Crippen LogP contribution in [0, 0.1) is 0 Å². The lowest BCUT2D eigenvalue weighted by molar-refractivity contribution is -0.121. The molecule has 2 aromatic rings. The standard InChI is InChI=1S/C26H35N5O6S3/c1-31-23-18(24(34)37-26(31)36)13-16(14-28-23)8-9-21(33)27-10-12-40-39-11-4-6-17(32)5-2-3-7-20-22-19(15-38-20)29-25(35)30-22/h13-14,19-20,22H,2-12,15H2,1H3,(H,27,33)(H2,29,30,35). The van der Waals surface area contributed by atoms with E-state index in [1.54, 1.807) is 33.9 Å². The molecule has 3 amide bonds. The summed E-state index contributed by atoms with van der Waals surface area (Å²) in [5.74, 6) is 2.10. The van der Waals surface area contributed by atoms with Crippen molar-refractivity contribution in [2.75, 3.05) is 23.8 Å². The number of ketones is 1. The van der Waals surface area contributed by atoms with Gasteiger partial charge in [0.15, 0.2) is 5.65 Å². The highest BCUT2D eigenvalue weighted by molar-refractivity contribution is 8.76. The Morgan fingerprint density at radius 3 is 2.77 bits per heavy atom. The van der Waals surface area contributed by atoms with E-state index in [4.69, 9.17) is 0 Å². The summed E-state index contributed by atoms with van der Waals surface area (Å²) < 4.78 is 5.83. The highest BCUT2D eigenvalue weighted by atomic mass is 33.1. The molecule has 14 heteroatoms. The Morgan fingerprint density at radius 1 is 1.12 bits per heavy atom. The fraction of sp³-hybridized carbons (Fsp3) is 0.615. The van der Waals surface area contributed by atoms with E-state index in [2.05, 4.69) is 25.4 Å². The third kappa shape index (κ3) is 8.53. The molecule has 4 rings (SSSR count). The lowest BCUT2D eigenvalue weighted by Gasteiger charge is -2.16. The summed E-state index contributed by atoms with van der Waals surface area (Å²) >= 11 is 1.91. The molecule has 218 valence electrons. The van der Waals surface area contributed by atoms with Crippen LogP contribution >= 0.6 is 33.3 Å². The first-order chi connectivity index (χ1) is 19.3. The van der Waals surface area contributed by atoms with Crippen molar-refractivity contribution in [1.29, 1.82) is 0 Å². The smallest absolute Gasteiger partial charge is 0.372 e. The van der Waals surface area contributed by atoms with Gasteiger partial charge in [-0.3, -0.25) is 14.2 Å². The number of fused-ring (bicyclic) bond motifs is 2. The van der Waals surface area contributed by atoms with Crippen molar-refractivity contribution in [1.82, 2.24) is 25.5 Å². The predicted octanol–water partition coefficient (Wildman–Crippen LogP) is 2.39. The van der Waals surface area contributed by atoms with Crippen LogP contribution in [0.1, 0.15) is 50.5 Å². The van der Waals surface area contributed by atoms with Crippen LogP contribution in [0.2, 0.25) is 0 Å². The average molecular weight is 610 g/mol. The summed E-state index contributed by atoms with van der Waals surface area (Å²) in [6.07, 6.45) is 7.29. The molecule has 40 heavy (non-hydrogen) atoms. The van der Waals surface area contributed by atoms with Gasteiger partial charge in [-0.15, -0.1) is 0 Å². The zero-order valence-corrected chi connectivity index (χ0v) is 24.9. The number of amides is 3. The fourth-order valence-corrected chi connectivity index (χ4v) is 8.34. The second-order valence-corrected chi connectivity index (χ2v) is 13.9. The predicted molar refractivity (Wildman–Crippen MR) is 160 cm³/mol. The largest absolute Gasteiger partial charge is 0.423 e. The number of hydrogen-bond donors (Lipinski definition) is 3. The van der Waals surface area contributed by atoms with Crippen molar-refractivity contribution in [2.24, 2.45) is 7.05 Å². The zero-order chi connectivity index (χ0) is 28.5. The Hall–Kier alpha value is -2.45. The number of hydrogen-bond acceptors (Lipinski definition) is 10. The molecule has 0 radical (unpaired) electrons. The van der Waals surface area contributed by atoms with E-state index >= 15 is 0 Å². The van der Waals surface area contributed by atoms with Crippen LogP contribution in [0.4, 0.5) is 4.79 Å². The third-order valence-electron chi connectivity index (χ3n) is 6.96. The molecular formula is C26H35N5O6S3. The number of Topliss-reactive ketones (excluding diaryl/α,β-unsaturated/α-hetero) is 1. The van der Waals surface area contributed by atoms with Crippen LogP contribution in [-0.2, 0) is 23.1 Å². The van der Waals surface area contributed by atoms with Gasteiger partial charge in [-0.2, -0.15) is 11.8 Å². The van der Waals surface area contributed by atoms with E-state index in [9.17, 15) is 24.0 Å². The maximum absolute atomic E-state index is 12.2. The number of unbranched alkanes of at least 4 members (excludes halogenated alkanes) is 1. The zero-order valence-electron chi connectivity index (χ0n) is 22.4. The Labute approximate surface area is 244 Å². The summed E-state index contributed by atoms with van der Waals surface area (Å²) in [6, 6.07) is 2.03. The van der Waals surface area contributed by atoms with Crippen LogP contribution in [-0.4, -0.2) is 68.4 Å². The number of nitrogens with one attached hydrogen (secondary N) is 3. The van der Waals surface area contributed by atoms with Crippen molar-refractivity contribution in [2.45, 2.75) is 68.7 Å². The van der Waals surface area contributed by atoms with Crippen molar-refractivity contribution in [3.05, 3.63) is 38.8 Å². The first-order valence-corrected chi connectivity index (χ1v) is 17.1. The molecule has 0 bridgehead atoms. The minimum atomic E-state index is -0.763. The van der Waals surface area contributed by atoms with Gasteiger partial charge in [-0.05, 0) is 37.3 Å². The molecule has 0 aliphatic carbocycles. The average Bonchev–Trinajstić information content (AvgIpc) is 3.49. The molecule has 4 heterocycles. The number of rotatable bonds is 16. The van der Waals surface area contributed by atoms with Crippen molar-refractivity contribution >= 4 is 62.1 Å². The summed E-state index contributed by atoms with van der Waals surface area (Å²) in [6.45, 7) is 0.553. The molecule has 2 fully saturated rings. The third-order valence-corrected chi connectivity index (χ3v) is 11.0. The number of pyridine rings is 1. The van der Waals surface area contributed by atoms with Crippen LogP contribution in [0.5, 0.6) is 0 Å². The normalized spacial score (nSPS) is 19.8. The number of urea groups is 1. The minimum Gasteiger partial charge on any atom is -0.372 e. The number of aromatic nitrogens is 2. The van der Waals surface area contributed by atoms with Gasteiger partial charge < -0.3 is 20.4 Å². The van der Waals surface area contributed by atoms with Crippen LogP contribution in [0.25, 0.3) is 11.0 Å². The molecule has 0 aromatic carbocycles. The second-order valence-electron chi connectivity index (χ2n) is 9.93. The molecule has 3 atom stereocenters. The van der Waals surface area contributed by atoms with Gasteiger partial charge in [0, 0.05) is 61.6 Å². The van der Waals surface area contributed by atoms with Crippen LogP contribution < -0.4 is 27.3 Å². The lowest BCUT2D eigenvalue weighted by atomic mass is 10.0. The second kappa shape index (κ2) is 15.0. The van der Waals surface area contributed by atoms with Crippen molar-refractivity contribution in [3.8, 4) is 0 Å². The Balaban J connectivity index is 0.983. The number of carbonyl (C=O) groups excluding carboxylic acids is 3. The summed E-state index contributed by atoms with van der Waals surface area (Å²) in [5, 5.41) is 9.52. The van der Waals surface area contributed by atoms with E-state index in [-0.39, 0.29) is 41.5 Å². The van der Waals surface area contributed by atoms with Gasteiger partial charge in [-0.1, -0.05) is 28.0 Å². The Morgan fingerprint density at radius 2 is 1.93 bits per heavy atom. The van der Waals surface area contributed by atoms with Gasteiger partial charge in [-0.25, -0.2) is 19.4 Å². The van der Waals surface area contributed by atoms with Gasteiger partial charge in [0.05, 0.1) is 12.1 Å². The van der Waals surface area contributed by atoms with E-state index in [0.717, 1.165) is 48.5 Å². The molecule has 3 unspecified atom stereocenters. The molecule has 2 aliphatic rings. The molecule has 2 aromatic heterocycles. The molecule has 11 nitrogen and oxygen atoms in total. The summed E-state index contributed by atoms with van der Waals surface area (Å²) in [4.78, 5) is 63.5. The summed E-state index contributed by atoms with van der Waals surface area (Å²) in [5.41, 5.74) is 0.235. The Bertz CT molecular complexity index is 1330. The highest BCUT2D eigenvalue weighted by Gasteiger charge is 2.42.